The molecule has 0 fully saturated rings. The molecule has 0 amide bonds. The second kappa shape index (κ2) is 35.6. The van der Waals surface area contributed by atoms with E-state index in [9.17, 15) is 0 Å². The third kappa shape index (κ3) is 342. The van der Waals surface area contributed by atoms with Gasteiger partial charge in [0, 0.05) is 12.4 Å². The van der Waals surface area contributed by atoms with E-state index >= 15 is 0 Å². The molecule has 0 aromatic carbocycles. The first kappa shape index (κ1) is 16.6. The fraction of sp³-hybridized carbons (Fsp3) is 0.500. The maximum Gasteiger partial charge on any atom is 0.267 e. The summed E-state index contributed by atoms with van der Waals surface area (Å²) in [5.74, 6) is 2.32. The molecule has 0 saturated heterocycles. The zero-order valence-electron chi connectivity index (χ0n) is 5.31. The van der Waals surface area contributed by atoms with Crippen molar-refractivity contribution < 1.29 is 4.57 Å². The molecule has 0 bridgehead atoms. The van der Waals surface area contributed by atoms with Crippen LogP contribution in [0.1, 0.15) is 0 Å². The van der Waals surface area contributed by atoms with Crippen molar-refractivity contribution in [3.63, 3.8) is 0 Å². The SMILES string of the molecule is C=C=N.NCCCl.O=PCl. The van der Waals surface area contributed by atoms with E-state index in [-0.39, 0.29) is 7.81 Å². The maximum absolute atomic E-state index is 8.67. The van der Waals surface area contributed by atoms with Gasteiger partial charge in [0.25, 0.3) is 7.81 Å². The Labute approximate surface area is 71.7 Å². The zero-order valence-corrected chi connectivity index (χ0v) is 7.72. The van der Waals surface area contributed by atoms with Gasteiger partial charge in [-0.05, 0) is 23.7 Å². The minimum absolute atomic E-state index is 0.361. The lowest BCUT2D eigenvalue weighted by molar-refractivity contribution is 0.605. The molecule has 0 aliphatic heterocycles. The summed E-state index contributed by atoms with van der Waals surface area (Å²) in [5, 5.41) is 5.85. The summed E-state index contributed by atoms with van der Waals surface area (Å²) >= 11 is 9.48. The molecule has 10 heavy (non-hydrogen) atoms. The van der Waals surface area contributed by atoms with Crippen molar-refractivity contribution in [2.24, 2.45) is 5.73 Å². The van der Waals surface area contributed by atoms with E-state index < -0.39 is 0 Å². The summed E-state index contributed by atoms with van der Waals surface area (Å²) in [6.07, 6.45) is 0. The van der Waals surface area contributed by atoms with Crippen LogP contribution >= 0.6 is 30.7 Å². The van der Waals surface area contributed by atoms with Gasteiger partial charge in [-0.15, -0.1) is 11.6 Å². The highest BCUT2D eigenvalue weighted by molar-refractivity contribution is 7.57. The summed E-state index contributed by atoms with van der Waals surface area (Å²) in [6.45, 7) is 3.49. The molecule has 0 atom stereocenters. The molecule has 3 nitrogen and oxygen atoms in total. The first-order valence-electron chi connectivity index (χ1n) is 2.13. The van der Waals surface area contributed by atoms with Crippen molar-refractivity contribution in [1.29, 1.82) is 5.41 Å². The normalized spacial score (nSPS) is 5.90. The molecule has 60 valence electrons. The van der Waals surface area contributed by atoms with Crippen LogP contribution in [-0.4, -0.2) is 18.3 Å². The number of hydrogen-bond donors (Lipinski definition) is 2. The zero-order chi connectivity index (χ0) is 8.83. The highest BCUT2D eigenvalue weighted by Crippen LogP contribution is 1.92. The minimum atomic E-state index is -0.361. The van der Waals surface area contributed by atoms with E-state index in [0.717, 1.165) is 0 Å². The largest absolute Gasteiger partial charge is 0.329 e. The Morgan fingerprint density at radius 1 is 1.80 bits per heavy atom. The van der Waals surface area contributed by atoms with Crippen LogP contribution in [0.3, 0.4) is 0 Å². The van der Waals surface area contributed by atoms with Crippen molar-refractivity contribution in [3.05, 3.63) is 6.58 Å². The molecule has 0 saturated carbocycles. The fourth-order valence-electron chi connectivity index (χ4n) is 0. The van der Waals surface area contributed by atoms with Crippen molar-refractivity contribution in [2.45, 2.75) is 0 Å². The molecular formula is C4H9Cl2N2OP. The Bertz CT molecular complexity index is 83.3. The number of hydrogen-bond acceptors (Lipinski definition) is 3. The van der Waals surface area contributed by atoms with E-state index in [4.69, 9.17) is 27.3 Å². The summed E-state index contributed by atoms with van der Waals surface area (Å²) in [4.78, 5) is 0. The Balaban J connectivity index is -0.0000000750. The molecule has 0 rings (SSSR count). The molecule has 0 unspecified atom stereocenters. The monoisotopic (exact) mass is 202 g/mol. The molecule has 0 aliphatic carbocycles. The first-order chi connectivity index (χ1) is 4.74. The molecule has 0 spiro atoms. The van der Waals surface area contributed by atoms with Gasteiger partial charge in [0.2, 0.25) is 0 Å². The molecular weight excluding hydrogens is 194 g/mol. The van der Waals surface area contributed by atoms with Crippen LogP contribution in [0.25, 0.3) is 0 Å². The molecule has 0 radical (unpaired) electrons. The van der Waals surface area contributed by atoms with E-state index in [1.165, 1.54) is 0 Å². The van der Waals surface area contributed by atoms with Crippen LogP contribution in [0.15, 0.2) is 6.58 Å². The number of rotatable bonds is 1. The Morgan fingerprint density at radius 2 is 1.90 bits per heavy atom. The van der Waals surface area contributed by atoms with E-state index in [0.29, 0.717) is 12.4 Å². The van der Waals surface area contributed by atoms with Crippen LogP contribution in [0.5, 0.6) is 0 Å². The van der Waals surface area contributed by atoms with Gasteiger partial charge < -0.3 is 5.73 Å². The van der Waals surface area contributed by atoms with E-state index in [1.54, 1.807) is 5.87 Å². The number of nitrogens with one attached hydrogen (secondary N) is 1. The van der Waals surface area contributed by atoms with Crippen LogP contribution in [0.2, 0.25) is 0 Å². The first-order valence-corrected chi connectivity index (χ1v) is 4.38. The molecule has 6 heteroatoms. The van der Waals surface area contributed by atoms with E-state index in [2.05, 4.69) is 17.8 Å². The van der Waals surface area contributed by atoms with Crippen molar-refractivity contribution >= 4 is 36.5 Å². The van der Waals surface area contributed by atoms with Gasteiger partial charge in [-0.25, -0.2) is 0 Å². The van der Waals surface area contributed by atoms with Gasteiger partial charge in [0.05, 0.1) is 0 Å². The lowest BCUT2D eigenvalue weighted by Gasteiger charge is -1.68. The van der Waals surface area contributed by atoms with Gasteiger partial charge >= 0.3 is 0 Å². The highest BCUT2D eigenvalue weighted by atomic mass is 35.7. The van der Waals surface area contributed by atoms with Crippen LogP contribution in [0, 0.1) is 5.41 Å². The van der Waals surface area contributed by atoms with Gasteiger partial charge in [0.15, 0.2) is 0 Å². The maximum atomic E-state index is 8.67. The number of nitrogens with two attached hydrogens (primary N) is 1. The summed E-state index contributed by atoms with van der Waals surface area (Å²) < 4.78 is 8.67. The molecule has 0 aliphatic rings. The fourth-order valence-corrected chi connectivity index (χ4v) is 0. The lowest BCUT2D eigenvalue weighted by Crippen LogP contribution is -1.97. The average Bonchev–Trinajstić information content (AvgIpc) is 1.91. The Kier molecular flexibility index (Phi) is 59.0. The highest BCUT2D eigenvalue weighted by Gasteiger charge is 1.58. The predicted molar refractivity (Wildman–Crippen MR) is 46.6 cm³/mol. The Morgan fingerprint density at radius 3 is 1.90 bits per heavy atom. The van der Waals surface area contributed by atoms with Crippen molar-refractivity contribution in [2.75, 3.05) is 12.4 Å². The van der Waals surface area contributed by atoms with Gasteiger partial charge in [-0.3, -0.25) is 9.97 Å². The van der Waals surface area contributed by atoms with Gasteiger partial charge in [0.1, 0.15) is 0 Å². The minimum Gasteiger partial charge on any atom is -0.329 e. The third-order valence-electron chi connectivity index (χ3n) is 0.109. The smallest absolute Gasteiger partial charge is 0.267 e. The average molecular weight is 203 g/mol. The predicted octanol–water partition coefficient (Wildman–Crippen LogP) is 2.04. The summed E-state index contributed by atoms with van der Waals surface area (Å²) in [5.41, 5.74) is 4.90. The Hall–Kier alpha value is 0.0900. The quantitative estimate of drug-likeness (QED) is 0.389. The topological polar surface area (TPSA) is 66.9 Å². The van der Waals surface area contributed by atoms with Crippen LogP contribution < -0.4 is 5.73 Å². The van der Waals surface area contributed by atoms with Gasteiger partial charge in [-0.2, -0.15) is 0 Å². The second-order valence-electron chi connectivity index (χ2n) is 0.723. The number of halogens is 2. The van der Waals surface area contributed by atoms with Crippen LogP contribution in [-0.2, 0) is 4.57 Å². The number of alkyl halides is 1. The molecule has 3 N–H and O–H groups in total. The summed E-state index contributed by atoms with van der Waals surface area (Å²) in [7, 11) is -0.361. The van der Waals surface area contributed by atoms with Gasteiger partial charge in [-0.1, -0.05) is 0 Å². The standard InChI is InChI=1S/C2H6ClN.C2H3N.ClOP/c3-1-2-4;1-2-3;1-3-2/h1-2,4H2;3H,1H2;. The van der Waals surface area contributed by atoms with E-state index in [1.807, 2.05) is 0 Å². The van der Waals surface area contributed by atoms with Crippen LogP contribution in [0.4, 0.5) is 0 Å². The lowest BCUT2D eigenvalue weighted by atomic mass is 10.8. The molecule has 0 aromatic heterocycles. The summed E-state index contributed by atoms with van der Waals surface area (Å²) in [6, 6.07) is 0. The van der Waals surface area contributed by atoms with Crippen molar-refractivity contribution in [3.8, 4) is 0 Å². The van der Waals surface area contributed by atoms with Crippen molar-refractivity contribution in [1.82, 2.24) is 0 Å². The molecule has 0 aromatic rings. The third-order valence-corrected chi connectivity index (χ3v) is 0.327. The molecule has 0 heterocycles. The second-order valence-corrected chi connectivity index (χ2v) is 1.65.